The molecular formula is C17H24N2O3. The number of aromatic nitrogens is 1. The Morgan fingerprint density at radius 3 is 2.41 bits per heavy atom. The van der Waals surface area contributed by atoms with Gasteiger partial charge < -0.3 is 18.9 Å². The second-order valence-electron chi connectivity index (χ2n) is 6.79. The zero-order valence-electron chi connectivity index (χ0n) is 13.4. The molecule has 2 aliphatic heterocycles. The molecule has 3 heterocycles. The molecule has 22 heavy (non-hydrogen) atoms. The number of rotatable bonds is 2. The van der Waals surface area contributed by atoms with Gasteiger partial charge in [0.15, 0.2) is 5.79 Å². The van der Waals surface area contributed by atoms with Crippen LogP contribution in [0.4, 0.5) is 0 Å². The number of carbonyl (C=O) groups excluding carboxylic acids is 1. The third-order valence-electron chi connectivity index (χ3n) is 5.25. The summed E-state index contributed by atoms with van der Waals surface area (Å²) in [6.07, 6.45) is 4.04. The molecule has 120 valence electrons. The Morgan fingerprint density at radius 2 is 1.82 bits per heavy atom. The van der Waals surface area contributed by atoms with Crippen LogP contribution >= 0.6 is 0 Å². The van der Waals surface area contributed by atoms with Crippen LogP contribution in [-0.4, -0.2) is 47.5 Å². The first-order valence-electron chi connectivity index (χ1n) is 8.35. The molecule has 0 unspecified atom stereocenters. The van der Waals surface area contributed by atoms with E-state index in [0.29, 0.717) is 32.3 Å². The number of hydrogen-bond acceptors (Lipinski definition) is 3. The van der Waals surface area contributed by atoms with E-state index in [-0.39, 0.29) is 5.91 Å². The van der Waals surface area contributed by atoms with Crippen molar-refractivity contribution in [2.45, 2.75) is 51.4 Å². The van der Waals surface area contributed by atoms with E-state index in [1.807, 2.05) is 4.90 Å². The van der Waals surface area contributed by atoms with Crippen molar-refractivity contribution in [3.63, 3.8) is 0 Å². The molecule has 5 nitrogen and oxygen atoms in total. The number of ether oxygens (including phenoxy) is 2. The highest BCUT2D eigenvalue weighted by atomic mass is 16.7. The monoisotopic (exact) mass is 304 g/mol. The van der Waals surface area contributed by atoms with Crippen molar-refractivity contribution in [3.8, 4) is 0 Å². The lowest BCUT2D eigenvalue weighted by Crippen LogP contribution is -2.47. The minimum atomic E-state index is -0.415. The summed E-state index contributed by atoms with van der Waals surface area (Å²) >= 11 is 0. The van der Waals surface area contributed by atoms with Crippen molar-refractivity contribution in [2.75, 3.05) is 26.3 Å². The van der Waals surface area contributed by atoms with Gasteiger partial charge in [0.05, 0.1) is 18.8 Å². The molecule has 5 heteroatoms. The molecule has 0 radical (unpaired) electrons. The average Bonchev–Trinajstić information content (AvgIpc) is 3.17. The highest BCUT2D eigenvalue weighted by Crippen LogP contribution is 2.39. The Morgan fingerprint density at radius 1 is 1.18 bits per heavy atom. The van der Waals surface area contributed by atoms with Crippen LogP contribution in [0.15, 0.2) is 6.07 Å². The van der Waals surface area contributed by atoms with E-state index in [1.54, 1.807) is 0 Å². The van der Waals surface area contributed by atoms with Gasteiger partial charge in [-0.3, -0.25) is 4.79 Å². The first-order chi connectivity index (χ1) is 10.6. The highest BCUT2D eigenvalue weighted by Gasteiger charge is 2.41. The lowest BCUT2D eigenvalue weighted by molar-refractivity contribution is -0.181. The smallest absolute Gasteiger partial charge is 0.255 e. The van der Waals surface area contributed by atoms with Gasteiger partial charge in [0.25, 0.3) is 5.91 Å². The van der Waals surface area contributed by atoms with Crippen LogP contribution in [0.5, 0.6) is 0 Å². The van der Waals surface area contributed by atoms with Crippen LogP contribution in [0.2, 0.25) is 0 Å². The van der Waals surface area contributed by atoms with Gasteiger partial charge in [-0.15, -0.1) is 0 Å². The summed E-state index contributed by atoms with van der Waals surface area (Å²) in [5, 5.41) is 0. The summed E-state index contributed by atoms with van der Waals surface area (Å²) in [6.45, 7) is 6.96. The fourth-order valence-electron chi connectivity index (χ4n) is 3.89. The quantitative estimate of drug-likeness (QED) is 0.843. The van der Waals surface area contributed by atoms with E-state index in [1.165, 1.54) is 18.5 Å². The van der Waals surface area contributed by atoms with E-state index < -0.39 is 5.79 Å². The Kier molecular flexibility index (Phi) is 3.31. The summed E-state index contributed by atoms with van der Waals surface area (Å²) in [6, 6.07) is 2.68. The molecule has 1 aliphatic carbocycles. The molecule has 4 rings (SSSR count). The predicted molar refractivity (Wildman–Crippen MR) is 81.9 cm³/mol. The Hall–Kier alpha value is -1.33. The number of piperidine rings is 1. The Bertz CT molecular complexity index is 587. The van der Waals surface area contributed by atoms with Gasteiger partial charge in [-0.05, 0) is 32.8 Å². The molecule has 0 N–H and O–H groups in total. The van der Waals surface area contributed by atoms with Crippen LogP contribution in [-0.2, 0) is 9.47 Å². The molecule has 0 bridgehead atoms. The molecule has 2 saturated heterocycles. The number of amides is 1. The van der Waals surface area contributed by atoms with Crippen molar-refractivity contribution in [1.82, 2.24) is 9.47 Å². The molecule has 1 spiro atoms. The van der Waals surface area contributed by atoms with Gasteiger partial charge in [-0.2, -0.15) is 0 Å². The molecule has 1 aromatic rings. The average molecular weight is 304 g/mol. The summed E-state index contributed by atoms with van der Waals surface area (Å²) in [4.78, 5) is 14.8. The first kappa shape index (κ1) is 14.3. The fraction of sp³-hybridized carbons (Fsp3) is 0.706. The lowest BCUT2D eigenvalue weighted by Gasteiger charge is -2.37. The normalized spacial score (nSPS) is 24.2. The molecule has 1 aromatic heterocycles. The van der Waals surface area contributed by atoms with Gasteiger partial charge in [0, 0.05) is 43.4 Å². The zero-order valence-corrected chi connectivity index (χ0v) is 13.4. The topological polar surface area (TPSA) is 43.7 Å². The standard InChI is InChI=1S/C17H24N2O3/c1-12-11-15(13(2)19(12)14-3-4-14)16(20)18-7-5-17(6-8-18)21-9-10-22-17/h11,14H,3-10H2,1-2H3. The number of hydrogen-bond donors (Lipinski definition) is 0. The van der Waals surface area contributed by atoms with Gasteiger partial charge in [0.1, 0.15) is 0 Å². The molecule has 1 amide bonds. The molecule has 0 aromatic carbocycles. The van der Waals surface area contributed by atoms with Gasteiger partial charge in [-0.1, -0.05) is 0 Å². The van der Waals surface area contributed by atoms with Gasteiger partial charge >= 0.3 is 0 Å². The number of carbonyl (C=O) groups is 1. The Balaban J connectivity index is 1.49. The molecule has 1 saturated carbocycles. The van der Waals surface area contributed by atoms with Gasteiger partial charge in [0.2, 0.25) is 0 Å². The van der Waals surface area contributed by atoms with E-state index in [4.69, 9.17) is 9.47 Å². The maximum absolute atomic E-state index is 12.9. The minimum absolute atomic E-state index is 0.160. The largest absolute Gasteiger partial charge is 0.347 e. The summed E-state index contributed by atoms with van der Waals surface area (Å²) in [5.74, 6) is -0.255. The van der Waals surface area contributed by atoms with E-state index in [9.17, 15) is 4.79 Å². The zero-order chi connectivity index (χ0) is 15.3. The van der Waals surface area contributed by atoms with Crippen LogP contribution < -0.4 is 0 Å². The number of likely N-dealkylation sites (tertiary alicyclic amines) is 1. The first-order valence-corrected chi connectivity index (χ1v) is 8.35. The molecule has 3 aliphatic rings. The highest BCUT2D eigenvalue weighted by molar-refractivity contribution is 5.95. The molecular weight excluding hydrogens is 280 g/mol. The SMILES string of the molecule is Cc1cc(C(=O)N2CCC3(CC2)OCCO3)c(C)n1C1CC1. The third kappa shape index (κ3) is 2.27. The summed E-state index contributed by atoms with van der Waals surface area (Å²) in [7, 11) is 0. The number of aryl methyl sites for hydroxylation is 1. The molecule has 3 fully saturated rings. The van der Waals surface area contributed by atoms with E-state index in [2.05, 4.69) is 24.5 Å². The maximum Gasteiger partial charge on any atom is 0.255 e. The second kappa shape index (κ2) is 5.10. The van der Waals surface area contributed by atoms with Crippen molar-refractivity contribution < 1.29 is 14.3 Å². The van der Waals surface area contributed by atoms with Crippen LogP contribution in [0.1, 0.15) is 53.5 Å². The number of nitrogens with zero attached hydrogens (tertiary/aromatic N) is 2. The predicted octanol–water partition coefficient (Wildman–Crippen LogP) is 2.42. The summed E-state index contributed by atoms with van der Waals surface area (Å²) < 4.78 is 13.8. The maximum atomic E-state index is 12.9. The third-order valence-corrected chi connectivity index (χ3v) is 5.25. The second-order valence-corrected chi connectivity index (χ2v) is 6.79. The fourth-order valence-corrected chi connectivity index (χ4v) is 3.89. The van der Waals surface area contributed by atoms with Gasteiger partial charge in [-0.25, -0.2) is 0 Å². The van der Waals surface area contributed by atoms with E-state index >= 15 is 0 Å². The van der Waals surface area contributed by atoms with Crippen molar-refractivity contribution in [3.05, 3.63) is 23.0 Å². The van der Waals surface area contributed by atoms with E-state index in [0.717, 1.165) is 24.1 Å². The Labute approximate surface area is 131 Å². The van der Waals surface area contributed by atoms with Crippen LogP contribution in [0.3, 0.4) is 0 Å². The minimum Gasteiger partial charge on any atom is -0.347 e. The van der Waals surface area contributed by atoms with Crippen molar-refractivity contribution in [1.29, 1.82) is 0 Å². The van der Waals surface area contributed by atoms with Crippen LogP contribution in [0, 0.1) is 13.8 Å². The van der Waals surface area contributed by atoms with Crippen molar-refractivity contribution >= 4 is 5.91 Å². The van der Waals surface area contributed by atoms with Crippen LogP contribution in [0.25, 0.3) is 0 Å². The summed E-state index contributed by atoms with van der Waals surface area (Å²) in [5.41, 5.74) is 3.20. The van der Waals surface area contributed by atoms with Crippen molar-refractivity contribution in [2.24, 2.45) is 0 Å². The molecule has 0 atom stereocenters. The lowest BCUT2D eigenvalue weighted by atomic mass is 10.0.